The Balaban J connectivity index is 1.85. The molecule has 0 saturated heterocycles. The molecule has 8 nitrogen and oxygen atoms in total. The van der Waals surface area contributed by atoms with Gasteiger partial charge in [-0.1, -0.05) is 12.1 Å². The first-order chi connectivity index (χ1) is 15.5. The van der Waals surface area contributed by atoms with Crippen LogP contribution in [0, 0.1) is 5.82 Å². The predicted octanol–water partition coefficient (Wildman–Crippen LogP) is 4.92. The van der Waals surface area contributed by atoms with Gasteiger partial charge in [0.2, 0.25) is 0 Å². The second-order valence-corrected chi connectivity index (χ2v) is 6.73. The summed E-state index contributed by atoms with van der Waals surface area (Å²) in [5.41, 5.74) is 4.88. The molecule has 168 valence electrons. The standard InChI is InChI=1S/C23H24FN3O5/c1-3-11-31-26-21(22-13-20(27-32-22)15-5-7-16(24)8-6-15)14-30-17-9-10-19(25-4-2)18(12-17)23(28)29/h5-10,12-14,25-26H,3-4,11H2,1-2H3,(H,28,29). The fourth-order valence-corrected chi connectivity index (χ4v) is 2.77. The van der Waals surface area contributed by atoms with Crippen molar-refractivity contribution in [1.82, 2.24) is 10.6 Å². The Kier molecular flexibility index (Phi) is 7.82. The van der Waals surface area contributed by atoms with Crippen LogP contribution >= 0.6 is 0 Å². The van der Waals surface area contributed by atoms with Crippen molar-refractivity contribution in [2.75, 3.05) is 18.5 Å². The van der Waals surface area contributed by atoms with Crippen LogP contribution in [0.4, 0.5) is 10.1 Å². The third-order valence-electron chi connectivity index (χ3n) is 4.31. The van der Waals surface area contributed by atoms with Gasteiger partial charge in [0, 0.05) is 23.9 Å². The fraction of sp³-hybridized carbons (Fsp3) is 0.217. The fourth-order valence-electron chi connectivity index (χ4n) is 2.77. The van der Waals surface area contributed by atoms with Crippen LogP contribution in [-0.2, 0) is 4.84 Å². The second-order valence-electron chi connectivity index (χ2n) is 6.73. The van der Waals surface area contributed by atoms with E-state index in [0.717, 1.165) is 6.42 Å². The average Bonchev–Trinajstić information content (AvgIpc) is 3.27. The normalized spacial score (nSPS) is 11.3. The molecule has 0 aliphatic heterocycles. The molecule has 0 atom stereocenters. The summed E-state index contributed by atoms with van der Waals surface area (Å²) >= 11 is 0. The van der Waals surface area contributed by atoms with Gasteiger partial charge in [-0.25, -0.2) is 9.18 Å². The van der Waals surface area contributed by atoms with Crippen molar-refractivity contribution in [3.63, 3.8) is 0 Å². The monoisotopic (exact) mass is 441 g/mol. The molecule has 9 heteroatoms. The third kappa shape index (κ3) is 5.86. The van der Waals surface area contributed by atoms with Gasteiger partial charge in [-0.2, -0.15) is 0 Å². The SMILES string of the molecule is CCCONC(=COc1ccc(NCC)c(C(=O)O)c1)c1cc(-c2ccc(F)cc2)no1. The first-order valence-corrected chi connectivity index (χ1v) is 10.1. The number of carboxylic acid groups (broad SMARTS) is 1. The number of rotatable bonds is 11. The van der Waals surface area contributed by atoms with Crippen LogP contribution in [0.5, 0.6) is 5.75 Å². The molecular weight excluding hydrogens is 417 g/mol. The van der Waals surface area contributed by atoms with E-state index in [1.807, 2.05) is 13.8 Å². The molecule has 0 aliphatic rings. The van der Waals surface area contributed by atoms with E-state index in [0.29, 0.717) is 47.3 Å². The van der Waals surface area contributed by atoms with Crippen molar-refractivity contribution >= 4 is 17.4 Å². The van der Waals surface area contributed by atoms with E-state index in [4.69, 9.17) is 14.1 Å². The number of nitrogens with one attached hydrogen (secondary N) is 2. The zero-order valence-corrected chi connectivity index (χ0v) is 17.7. The molecule has 3 aromatic rings. The minimum Gasteiger partial charge on any atom is -0.478 e. The number of anilines is 1. The number of hydroxylamine groups is 1. The van der Waals surface area contributed by atoms with E-state index >= 15 is 0 Å². The van der Waals surface area contributed by atoms with Gasteiger partial charge in [0.15, 0.2) is 5.76 Å². The van der Waals surface area contributed by atoms with Crippen LogP contribution in [0.2, 0.25) is 0 Å². The molecule has 1 heterocycles. The Hall–Kier alpha value is -3.85. The molecule has 0 saturated carbocycles. The molecule has 0 spiro atoms. The maximum atomic E-state index is 13.2. The summed E-state index contributed by atoms with van der Waals surface area (Å²) in [6.07, 6.45) is 2.13. The number of halogens is 1. The average molecular weight is 441 g/mol. The molecule has 0 amide bonds. The summed E-state index contributed by atoms with van der Waals surface area (Å²) in [5.74, 6) is -0.776. The highest BCUT2D eigenvalue weighted by atomic mass is 19.1. The maximum Gasteiger partial charge on any atom is 0.337 e. The van der Waals surface area contributed by atoms with Gasteiger partial charge >= 0.3 is 5.97 Å². The number of benzene rings is 2. The van der Waals surface area contributed by atoms with Gasteiger partial charge in [0.05, 0.1) is 12.2 Å². The number of aromatic carboxylic acids is 1. The molecule has 0 bridgehead atoms. The van der Waals surface area contributed by atoms with Gasteiger partial charge < -0.3 is 19.7 Å². The molecule has 0 unspecified atom stereocenters. The van der Waals surface area contributed by atoms with Crippen molar-refractivity contribution in [3.05, 3.63) is 71.9 Å². The van der Waals surface area contributed by atoms with Crippen LogP contribution in [0.1, 0.15) is 36.4 Å². The summed E-state index contributed by atoms with van der Waals surface area (Å²) in [6.45, 7) is 4.87. The van der Waals surface area contributed by atoms with Crippen molar-refractivity contribution < 1.29 is 28.4 Å². The van der Waals surface area contributed by atoms with E-state index in [2.05, 4.69) is 16.0 Å². The molecule has 32 heavy (non-hydrogen) atoms. The lowest BCUT2D eigenvalue weighted by atomic mass is 10.1. The Morgan fingerprint density at radius 1 is 1.19 bits per heavy atom. The number of carboxylic acids is 1. The Labute approximate surface area is 184 Å². The molecule has 0 aliphatic carbocycles. The van der Waals surface area contributed by atoms with Gasteiger partial charge in [0.25, 0.3) is 0 Å². The third-order valence-corrected chi connectivity index (χ3v) is 4.31. The summed E-state index contributed by atoms with van der Waals surface area (Å²) < 4.78 is 24.3. The first-order valence-electron chi connectivity index (χ1n) is 10.1. The van der Waals surface area contributed by atoms with Crippen LogP contribution in [0.15, 0.2) is 59.3 Å². The number of nitrogens with zero attached hydrogens (tertiary/aromatic N) is 1. The highest BCUT2D eigenvalue weighted by Crippen LogP contribution is 2.25. The first kappa shape index (κ1) is 22.8. The zero-order chi connectivity index (χ0) is 22.9. The Morgan fingerprint density at radius 2 is 1.97 bits per heavy atom. The van der Waals surface area contributed by atoms with E-state index in [1.54, 1.807) is 30.3 Å². The van der Waals surface area contributed by atoms with Gasteiger partial charge in [-0.3, -0.25) is 10.3 Å². The molecule has 2 aromatic carbocycles. The number of aromatic nitrogens is 1. The molecule has 1 aromatic heterocycles. The highest BCUT2D eigenvalue weighted by molar-refractivity contribution is 5.94. The van der Waals surface area contributed by atoms with Crippen molar-refractivity contribution in [1.29, 1.82) is 0 Å². The summed E-state index contributed by atoms with van der Waals surface area (Å²) in [7, 11) is 0. The van der Waals surface area contributed by atoms with Crippen LogP contribution in [0.25, 0.3) is 17.0 Å². The van der Waals surface area contributed by atoms with E-state index in [-0.39, 0.29) is 11.4 Å². The van der Waals surface area contributed by atoms with Crippen molar-refractivity contribution in [3.8, 4) is 17.0 Å². The lowest BCUT2D eigenvalue weighted by molar-refractivity contribution is 0.0697. The van der Waals surface area contributed by atoms with Gasteiger partial charge in [-0.15, -0.1) is 0 Å². The van der Waals surface area contributed by atoms with Crippen LogP contribution < -0.4 is 15.5 Å². The topological polar surface area (TPSA) is 106 Å². The molecular formula is C23H24FN3O5. The largest absolute Gasteiger partial charge is 0.478 e. The number of ether oxygens (including phenoxy) is 1. The molecule has 0 fully saturated rings. The van der Waals surface area contributed by atoms with E-state index in [9.17, 15) is 14.3 Å². The maximum absolute atomic E-state index is 13.2. The Morgan fingerprint density at radius 3 is 2.66 bits per heavy atom. The molecule has 0 radical (unpaired) electrons. The molecule has 3 N–H and O–H groups in total. The second kappa shape index (κ2) is 11.0. The number of carbonyl (C=O) groups is 1. The van der Waals surface area contributed by atoms with E-state index < -0.39 is 5.97 Å². The number of hydrogen-bond acceptors (Lipinski definition) is 7. The number of hydrogen-bond donors (Lipinski definition) is 3. The van der Waals surface area contributed by atoms with E-state index in [1.165, 1.54) is 24.5 Å². The van der Waals surface area contributed by atoms with Crippen LogP contribution in [-0.4, -0.2) is 29.4 Å². The van der Waals surface area contributed by atoms with Crippen molar-refractivity contribution in [2.24, 2.45) is 0 Å². The zero-order valence-electron chi connectivity index (χ0n) is 17.7. The van der Waals surface area contributed by atoms with Crippen molar-refractivity contribution in [2.45, 2.75) is 20.3 Å². The van der Waals surface area contributed by atoms with Gasteiger partial charge in [-0.05, 0) is 55.8 Å². The predicted molar refractivity (Wildman–Crippen MR) is 117 cm³/mol. The minimum atomic E-state index is -1.07. The molecule has 3 rings (SSSR count). The summed E-state index contributed by atoms with van der Waals surface area (Å²) in [4.78, 5) is 16.9. The highest BCUT2D eigenvalue weighted by Gasteiger charge is 2.14. The van der Waals surface area contributed by atoms with Gasteiger partial charge in [0.1, 0.15) is 29.2 Å². The minimum absolute atomic E-state index is 0.0905. The van der Waals surface area contributed by atoms with Crippen LogP contribution in [0.3, 0.4) is 0 Å². The quantitative estimate of drug-likeness (QED) is 0.219. The lowest BCUT2D eigenvalue weighted by Gasteiger charge is -2.11. The lowest BCUT2D eigenvalue weighted by Crippen LogP contribution is -2.14. The smallest absolute Gasteiger partial charge is 0.337 e. The summed E-state index contributed by atoms with van der Waals surface area (Å²) in [6, 6.07) is 12.2. The Bertz CT molecular complexity index is 1080. The summed E-state index contributed by atoms with van der Waals surface area (Å²) in [5, 5.41) is 16.5.